The van der Waals surface area contributed by atoms with Gasteiger partial charge in [-0.15, -0.1) is 0 Å². The van der Waals surface area contributed by atoms with Crippen LogP contribution in [0.3, 0.4) is 0 Å². The van der Waals surface area contributed by atoms with Crippen LogP contribution < -0.4 is 10.5 Å². The van der Waals surface area contributed by atoms with E-state index >= 15 is 4.39 Å². The first-order chi connectivity index (χ1) is 16.6. The molecule has 0 radical (unpaired) electrons. The molecule has 2 heterocycles. The summed E-state index contributed by atoms with van der Waals surface area (Å²) in [5.74, 6) is -0.350. The fourth-order valence-electron chi connectivity index (χ4n) is 4.38. The van der Waals surface area contributed by atoms with Gasteiger partial charge in [-0.25, -0.2) is 22.4 Å². The zero-order valence-corrected chi connectivity index (χ0v) is 23.6. The zero-order chi connectivity index (χ0) is 28.4. The maximum Gasteiger partial charge on any atom is 0.425 e. The molecule has 2 aliphatic heterocycles. The molecule has 3 rings (SSSR count). The Labute approximate surface area is 217 Å². The minimum atomic E-state index is -4.82. The SMILES string of the molecule is CC(C)(C)OC(=O)N(C(=O)OC(C)(C)C)C1=N[C@]2(C)c3cc(N)ccc3OCC[C@]2(F)S(=O)(=O)C1(C)C. The first-order valence-corrected chi connectivity index (χ1v) is 13.4. The lowest BCUT2D eigenvalue weighted by Crippen LogP contribution is -2.68. The van der Waals surface area contributed by atoms with E-state index in [1.807, 2.05) is 0 Å². The summed E-state index contributed by atoms with van der Waals surface area (Å²) in [4.78, 5) is 31.8. The van der Waals surface area contributed by atoms with E-state index in [-0.39, 0.29) is 23.6 Å². The van der Waals surface area contributed by atoms with Crippen molar-refractivity contribution in [2.45, 2.75) is 95.2 Å². The number of ether oxygens (including phenoxy) is 3. The summed E-state index contributed by atoms with van der Waals surface area (Å²) in [6.07, 6.45) is -2.97. The van der Waals surface area contributed by atoms with Gasteiger partial charge in [-0.1, -0.05) is 0 Å². The van der Waals surface area contributed by atoms with E-state index in [2.05, 4.69) is 4.99 Å². The number of nitrogen functional groups attached to an aromatic ring is 1. The number of sulfone groups is 1. The smallest absolute Gasteiger partial charge is 0.425 e. The molecular weight excluding hydrogens is 505 g/mol. The van der Waals surface area contributed by atoms with Crippen molar-refractivity contribution in [3.63, 3.8) is 0 Å². The molecule has 37 heavy (non-hydrogen) atoms. The quantitative estimate of drug-likeness (QED) is 0.466. The summed E-state index contributed by atoms with van der Waals surface area (Å²) in [5.41, 5.74) is 2.02. The summed E-state index contributed by atoms with van der Waals surface area (Å²) in [6.45, 7) is 12.9. The molecule has 0 saturated heterocycles. The van der Waals surface area contributed by atoms with Gasteiger partial charge in [0.05, 0.1) is 6.61 Å². The standard InChI is InChI=1S/C25H36FN3O7S/c1-21(2,3)35-19(30)29(20(31)36-22(4,5)6)18-23(7,8)37(32,33)25(26)12-13-34-17-11-10-15(27)14-16(17)24(25,9)28-18/h10-11,14H,12-13,27H2,1-9H3/t24-,25+/m1/s1. The number of benzene rings is 1. The number of halogens is 1. The maximum absolute atomic E-state index is 17.1. The lowest BCUT2D eigenvalue weighted by atomic mass is 9.84. The van der Waals surface area contributed by atoms with Gasteiger partial charge in [-0.2, -0.15) is 4.90 Å². The highest BCUT2D eigenvalue weighted by atomic mass is 32.2. The number of aliphatic imine (C=N–C) groups is 1. The third kappa shape index (κ3) is 4.64. The number of fused-ring (bicyclic) bond motifs is 3. The molecule has 0 unspecified atom stereocenters. The number of rotatable bonds is 0. The summed E-state index contributed by atoms with van der Waals surface area (Å²) >= 11 is 0. The molecule has 0 saturated carbocycles. The fourth-order valence-corrected chi connectivity index (χ4v) is 6.60. The van der Waals surface area contributed by atoms with Crippen LogP contribution >= 0.6 is 0 Å². The summed E-state index contributed by atoms with van der Waals surface area (Å²) in [5, 5.41) is -2.96. The van der Waals surface area contributed by atoms with Crippen LogP contribution in [0.2, 0.25) is 0 Å². The molecule has 0 aliphatic carbocycles. The van der Waals surface area contributed by atoms with E-state index in [4.69, 9.17) is 19.9 Å². The number of carbonyl (C=O) groups is 2. The molecular formula is C25H36FN3O7S. The molecule has 2 amide bonds. The number of hydrogen-bond acceptors (Lipinski definition) is 9. The van der Waals surface area contributed by atoms with Gasteiger partial charge in [-0.3, -0.25) is 4.99 Å². The molecule has 1 aromatic rings. The Hall–Kier alpha value is -2.89. The Morgan fingerprint density at radius 3 is 2.05 bits per heavy atom. The second-order valence-electron chi connectivity index (χ2n) is 11.9. The Morgan fingerprint density at radius 2 is 1.57 bits per heavy atom. The number of amides is 2. The van der Waals surface area contributed by atoms with E-state index in [9.17, 15) is 18.0 Å². The fraction of sp³-hybridized carbons (Fsp3) is 0.640. The molecule has 0 fully saturated rings. The van der Waals surface area contributed by atoms with Crippen molar-refractivity contribution in [2.24, 2.45) is 4.99 Å². The molecule has 0 bridgehead atoms. The number of nitrogens with two attached hydrogens (primary N) is 1. The lowest BCUT2D eigenvalue weighted by Gasteiger charge is -2.49. The average molecular weight is 542 g/mol. The van der Waals surface area contributed by atoms with Crippen molar-refractivity contribution in [1.82, 2.24) is 4.90 Å². The van der Waals surface area contributed by atoms with E-state index in [0.29, 0.717) is 4.90 Å². The Bertz CT molecular complexity index is 1240. The first kappa shape index (κ1) is 28.7. The highest BCUT2D eigenvalue weighted by Gasteiger charge is 2.71. The molecule has 1 aromatic carbocycles. The van der Waals surface area contributed by atoms with Gasteiger partial charge < -0.3 is 19.9 Å². The maximum atomic E-state index is 17.1. The van der Waals surface area contributed by atoms with Crippen molar-refractivity contribution in [2.75, 3.05) is 12.3 Å². The molecule has 206 valence electrons. The van der Waals surface area contributed by atoms with Crippen LogP contribution in [0, 0.1) is 0 Å². The van der Waals surface area contributed by atoms with Crippen LogP contribution in [0.4, 0.5) is 19.7 Å². The largest absolute Gasteiger partial charge is 0.493 e. The van der Waals surface area contributed by atoms with Gasteiger partial charge in [0.2, 0.25) is 5.00 Å². The number of imide groups is 1. The van der Waals surface area contributed by atoms with E-state index < -0.39 is 60.8 Å². The van der Waals surface area contributed by atoms with Gasteiger partial charge in [0.1, 0.15) is 33.1 Å². The third-order valence-electron chi connectivity index (χ3n) is 6.27. The van der Waals surface area contributed by atoms with Crippen molar-refractivity contribution < 1.29 is 36.6 Å². The van der Waals surface area contributed by atoms with Crippen LogP contribution in [-0.4, -0.2) is 58.9 Å². The van der Waals surface area contributed by atoms with Crippen LogP contribution in [0.1, 0.15) is 74.3 Å². The predicted molar refractivity (Wildman–Crippen MR) is 137 cm³/mol. The second-order valence-corrected chi connectivity index (χ2v) is 14.6. The first-order valence-electron chi connectivity index (χ1n) is 11.9. The van der Waals surface area contributed by atoms with Gasteiger partial charge in [0, 0.05) is 17.7 Å². The predicted octanol–water partition coefficient (Wildman–Crippen LogP) is 4.71. The number of nitrogens with zero attached hydrogens (tertiary/aromatic N) is 2. The Balaban J connectivity index is 2.40. The molecule has 10 nitrogen and oxygen atoms in total. The Morgan fingerprint density at radius 1 is 1.05 bits per heavy atom. The Kier molecular flexibility index (Phi) is 6.64. The zero-order valence-electron chi connectivity index (χ0n) is 22.8. The summed E-state index contributed by atoms with van der Waals surface area (Å²) in [6, 6.07) is 4.42. The topological polar surface area (TPSA) is 138 Å². The number of anilines is 1. The molecule has 2 N–H and O–H groups in total. The monoisotopic (exact) mass is 541 g/mol. The van der Waals surface area contributed by atoms with Crippen molar-refractivity contribution in [1.29, 1.82) is 0 Å². The van der Waals surface area contributed by atoms with Crippen LogP contribution in [-0.2, 0) is 24.8 Å². The molecule has 12 heteroatoms. The normalized spacial score (nSPS) is 26.4. The molecule has 0 spiro atoms. The second kappa shape index (κ2) is 8.57. The van der Waals surface area contributed by atoms with Gasteiger partial charge in [0.25, 0.3) is 0 Å². The van der Waals surface area contributed by atoms with Crippen LogP contribution in [0.15, 0.2) is 23.2 Å². The van der Waals surface area contributed by atoms with E-state index in [1.165, 1.54) is 39.0 Å². The number of carbonyl (C=O) groups excluding carboxylic acids is 2. The van der Waals surface area contributed by atoms with Crippen molar-refractivity contribution >= 4 is 33.5 Å². The van der Waals surface area contributed by atoms with Gasteiger partial charge >= 0.3 is 12.2 Å². The number of amidine groups is 1. The molecule has 0 aromatic heterocycles. The van der Waals surface area contributed by atoms with E-state index in [1.54, 1.807) is 41.5 Å². The number of alkyl halides is 1. The third-order valence-corrected chi connectivity index (χ3v) is 9.25. The number of hydrogen-bond donors (Lipinski definition) is 1. The average Bonchev–Trinajstić information content (AvgIpc) is 2.80. The van der Waals surface area contributed by atoms with E-state index in [0.717, 1.165) is 0 Å². The minimum absolute atomic E-state index is 0.0670. The van der Waals surface area contributed by atoms with Gasteiger partial charge in [-0.05, 0) is 80.5 Å². The van der Waals surface area contributed by atoms with Gasteiger partial charge in [0.15, 0.2) is 9.84 Å². The molecule has 2 aliphatic rings. The highest BCUT2D eigenvalue weighted by Crippen LogP contribution is 2.56. The van der Waals surface area contributed by atoms with Crippen molar-refractivity contribution in [3.05, 3.63) is 23.8 Å². The summed E-state index contributed by atoms with van der Waals surface area (Å²) in [7, 11) is -4.82. The highest BCUT2D eigenvalue weighted by molar-refractivity contribution is 7.95. The molecule has 2 atom stereocenters. The summed E-state index contributed by atoms with van der Waals surface area (Å²) < 4.78 is 59.7. The lowest BCUT2D eigenvalue weighted by molar-refractivity contribution is 0.0133. The van der Waals surface area contributed by atoms with Crippen molar-refractivity contribution in [3.8, 4) is 5.75 Å². The van der Waals surface area contributed by atoms with Crippen LogP contribution in [0.25, 0.3) is 0 Å². The minimum Gasteiger partial charge on any atom is -0.493 e. The van der Waals surface area contributed by atoms with Crippen LogP contribution in [0.5, 0.6) is 5.75 Å².